The maximum Gasteiger partial charge on any atom is 0.174 e. The van der Waals surface area contributed by atoms with Gasteiger partial charge in [0.15, 0.2) is 6.29 Å². The highest BCUT2D eigenvalue weighted by atomic mass is 32.1. The van der Waals surface area contributed by atoms with Crippen molar-refractivity contribution in [2.75, 3.05) is 26.2 Å². The molecule has 130 valence electrons. The number of rotatable bonds is 4. The van der Waals surface area contributed by atoms with Crippen LogP contribution in [0.25, 0.3) is 0 Å². The molecular weight excluding hydrogens is 322 g/mol. The fourth-order valence-corrected chi connectivity index (χ4v) is 4.74. The van der Waals surface area contributed by atoms with E-state index in [-0.39, 0.29) is 10.9 Å². The number of fused-ring (bicyclic) bond motifs is 2. The Labute approximate surface area is 147 Å². The molecule has 1 aromatic rings. The van der Waals surface area contributed by atoms with Crippen LogP contribution in [-0.4, -0.2) is 54.3 Å². The van der Waals surface area contributed by atoms with Crippen LogP contribution < -0.4 is 10.6 Å². The van der Waals surface area contributed by atoms with Gasteiger partial charge in [-0.1, -0.05) is 6.92 Å². The summed E-state index contributed by atoms with van der Waals surface area (Å²) in [4.78, 5) is 6.96. The number of thiophene rings is 1. The van der Waals surface area contributed by atoms with Crippen molar-refractivity contribution in [3.63, 3.8) is 0 Å². The summed E-state index contributed by atoms with van der Waals surface area (Å²) >= 11 is 1.66. The third-order valence-corrected chi connectivity index (χ3v) is 5.80. The number of aliphatic imine (C=N–C) groups is 1. The van der Waals surface area contributed by atoms with Gasteiger partial charge in [0.25, 0.3) is 0 Å². The Hall–Kier alpha value is -1.41. The van der Waals surface area contributed by atoms with E-state index < -0.39 is 0 Å². The average Bonchev–Trinajstić information content (AvgIpc) is 3.19. The Bertz CT molecular complexity index is 643. The van der Waals surface area contributed by atoms with Crippen LogP contribution in [0.15, 0.2) is 33.2 Å². The Balaban J connectivity index is 1.62. The Morgan fingerprint density at radius 2 is 2.46 bits per heavy atom. The predicted octanol–water partition coefficient (Wildman–Crippen LogP) is 1.82. The van der Waals surface area contributed by atoms with Crippen LogP contribution in [-0.2, 0) is 6.54 Å². The molecule has 0 amide bonds. The molecule has 0 aliphatic carbocycles. The van der Waals surface area contributed by atoms with Crippen molar-refractivity contribution in [1.82, 2.24) is 15.5 Å². The highest BCUT2D eigenvalue weighted by molar-refractivity contribution is 7.07. The van der Waals surface area contributed by atoms with E-state index in [1.165, 1.54) is 0 Å². The van der Waals surface area contributed by atoms with Crippen molar-refractivity contribution in [3.05, 3.63) is 39.0 Å². The molecular formula is C17H25N5OS. The number of hydroxylamine groups is 3. The average molecular weight is 347 g/mol. The molecule has 1 aromatic heterocycles. The Morgan fingerprint density at radius 1 is 1.54 bits per heavy atom. The molecule has 0 saturated carbocycles. The van der Waals surface area contributed by atoms with Gasteiger partial charge in [-0.2, -0.15) is 11.3 Å². The van der Waals surface area contributed by atoms with Crippen molar-refractivity contribution in [2.45, 2.75) is 38.6 Å². The third-order valence-electron chi connectivity index (χ3n) is 5.07. The van der Waals surface area contributed by atoms with E-state index in [0.717, 1.165) is 42.9 Å². The van der Waals surface area contributed by atoms with Gasteiger partial charge < -0.3 is 20.1 Å². The molecule has 1 fully saturated rings. The molecule has 24 heavy (non-hydrogen) atoms. The van der Waals surface area contributed by atoms with E-state index in [1.807, 2.05) is 6.21 Å². The van der Waals surface area contributed by atoms with E-state index in [9.17, 15) is 5.21 Å². The number of hydrogen-bond donors (Lipinski definition) is 2. The number of nitrogens with one attached hydrogen (secondary N) is 2. The molecule has 0 radical (unpaired) electrons. The standard InChI is InChI=1S/C17H25N5OS/c1-2-18-17-19-8-14-10-22(23,9-13-5-7-24-12-13)11-15-4-3-6-21(15)16(14)20-17/h5,7-8,12,15,17-18,20H,2-4,6,9-11H2,1H3/t15?,17-,22?/m0/s1. The van der Waals surface area contributed by atoms with E-state index in [2.05, 4.69) is 44.3 Å². The van der Waals surface area contributed by atoms with E-state index in [1.54, 1.807) is 11.3 Å². The van der Waals surface area contributed by atoms with Crippen molar-refractivity contribution < 1.29 is 4.65 Å². The zero-order valence-electron chi connectivity index (χ0n) is 14.1. The smallest absolute Gasteiger partial charge is 0.174 e. The second-order valence-corrected chi connectivity index (χ2v) is 7.71. The first-order chi connectivity index (χ1) is 11.7. The van der Waals surface area contributed by atoms with Crippen LogP contribution in [0.3, 0.4) is 0 Å². The molecule has 1 saturated heterocycles. The molecule has 0 spiro atoms. The van der Waals surface area contributed by atoms with Gasteiger partial charge in [-0.15, -0.1) is 0 Å². The summed E-state index contributed by atoms with van der Waals surface area (Å²) in [5.74, 6) is 1.12. The first-order valence-electron chi connectivity index (χ1n) is 8.78. The summed E-state index contributed by atoms with van der Waals surface area (Å²) in [7, 11) is 0. The number of quaternary nitrogens is 1. The quantitative estimate of drug-likeness (QED) is 0.644. The second kappa shape index (κ2) is 6.48. The van der Waals surface area contributed by atoms with Gasteiger partial charge in [-0.05, 0) is 36.2 Å². The first kappa shape index (κ1) is 16.1. The summed E-state index contributed by atoms with van der Waals surface area (Å²) in [5.41, 5.74) is 2.20. The van der Waals surface area contributed by atoms with Crippen molar-refractivity contribution >= 4 is 17.6 Å². The van der Waals surface area contributed by atoms with Crippen LogP contribution in [0.5, 0.6) is 0 Å². The first-order valence-corrected chi connectivity index (χ1v) is 9.72. The van der Waals surface area contributed by atoms with Gasteiger partial charge in [0.1, 0.15) is 18.9 Å². The molecule has 6 nitrogen and oxygen atoms in total. The molecule has 3 aliphatic heterocycles. The lowest BCUT2D eigenvalue weighted by Crippen LogP contribution is -2.49. The van der Waals surface area contributed by atoms with Gasteiger partial charge in [-0.3, -0.25) is 10.3 Å². The van der Waals surface area contributed by atoms with Crippen LogP contribution in [0.1, 0.15) is 25.3 Å². The van der Waals surface area contributed by atoms with Gasteiger partial charge in [-0.25, -0.2) is 0 Å². The van der Waals surface area contributed by atoms with Gasteiger partial charge in [0.05, 0.1) is 18.2 Å². The fraction of sp³-hybridized carbons (Fsp3) is 0.588. The van der Waals surface area contributed by atoms with Crippen molar-refractivity contribution in [2.24, 2.45) is 4.99 Å². The SMILES string of the molecule is CCN[C@H]1N=CC2=C(N1)N1CCCC1C[N+]([O-])(Cc1ccsc1)C2. The minimum atomic E-state index is -0.184. The molecule has 4 heterocycles. The van der Waals surface area contributed by atoms with Crippen LogP contribution in [0, 0.1) is 5.21 Å². The van der Waals surface area contributed by atoms with Gasteiger partial charge in [0.2, 0.25) is 0 Å². The molecule has 3 atom stereocenters. The van der Waals surface area contributed by atoms with E-state index in [4.69, 9.17) is 0 Å². The van der Waals surface area contributed by atoms with Crippen molar-refractivity contribution in [1.29, 1.82) is 0 Å². The number of hydrogen-bond acceptors (Lipinski definition) is 6. The van der Waals surface area contributed by atoms with Gasteiger partial charge in [0, 0.05) is 18.3 Å². The fourth-order valence-electron chi connectivity index (χ4n) is 4.08. The maximum atomic E-state index is 13.6. The summed E-state index contributed by atoms with van der Waals surface area (Å²) < 4.78 is -0.184. The minimum Gasteiger partial charge on any atom is -0.632 e. The monoisotopic (exact) mass is 347 g/mol. The Morgan fingerprint density at radius 3 is 3.25 bits per heavy atom. The molecule has 7 heteroatoms. The molecule has 3 aliphatic rings. The van der Waals surface area contributed by atoms with Crippen LogP contribution in [0.4, 0.5) is 0 Å². The van der Waals surface area contributed by atoms with Gasteiger partial charge >= 0.3 is 0 Å². The summed E-state index contributed by atoms with van der Waals surface area (Å²) in [6.07, 6.45) is 4.09. The summed E-state index contributed by atoms with van der Waals surface area (Å²) in [6.45, 7) is 5.67. The maximum absolute atomic E-state index is 13.6. The normalized spacial score (nSPS) is 32.3. The van der Waals surface area contributed by atoms with E-state index >= 15 is 0 Å². The summed E-state index contributed by atoms with van der Waals surface area (Å²) in [6, 6.07) is 2.40. The highest BCUT2D eigenvalue weighted by Crippen LogP contribution is 2.32. The Kier molecular flexibility index (Phi) is 4.34. The molecule has 2 N–H and O–H groups in total. The summed E-state index contributed by atoms with van der Waals surface area (Å²) in [5, 5.41) is 24.6. The molecule has 4 rings (SSSR count). The molecule has 0 bridgehead atoms. The lowest BCUT2D eigenvalue weighted by molar-refractivity contribution is -0.889. The van der Waals surface area contributed by atoms with Crippen LogP contribution in [0.2, 0.25) is 0 Å². The predicted molar refractivity (Wildman–Crippen MR) is 97.2 cm³/mol. The highest BCUT2D eigenvalue weighted by Gasteiger charge is 2.39. The molecule has 0 aromatic carbocycles. The third kappa shape index (κ3) is 3.09. The minimum absolute atomic E-state index is 0.0847. The zero-order chi connectivity index (χ0) is 16.6. The van der Waals surface area contributed by atoms with E-state index in [0.29, 0.717) is 25.7 Å². The lowest BCUT2D eigenvalue weighted by atomic mass is 10.2. The second-order valence-electron chi connectivity index (χ2n) is 6.93. The molecule has 2 unspecified atom stereocenters. The van der Waals surface area contributed by atoms with Crippen molar-refractivity contribution in [3.8, 4) is 0 Å². The number of nitrogens with zero attached hydrogens (tertiary/aromatic N) is 3. The topological polar surface area (TPSA) is 62.7 Å². The largest absolute Gasteiger partial charge is 0.632 e. The lowest BCUT2D eigenvalue weighted by Gasteiger charge is -2.43. The van der Waals surface area contributed by atoms with Crippen LogP contribution >= 0.6 is 11.3 Å². The zero-order valence-corrected chi connectivity index (χ0v) is 14.9.